The van der Waals surface area contributed by atoms with Crippen molar-refractivity contribution in [3.05, 3.63) is 99.6 Å². The van der Waals surface area contributed by atoms with Gasteiger partial charge in [0.05, 0.1) is 33.7 Å². The first kappa shape index (κ1) is 34.4. The number of non-ortho nitro benzene ring substituents is 1. The molecule has 2 heterocycles. The van der Waals surface area contributed by atoms with Crippen LogP contribution in [0.3, 0.4) is 0 Å². The highest BCUT2D eigenvalue weighted by atomic mass is 16.6. The zero-order chi connectivity index (χ0) is 35.5. The Morgan fingerprint density at radius 3 is 2.33 bits per heavy atom. The Morgan fingerprint density at radius 2 is 1.65 bits per heavy atom. The second kappa shape index (κ2) is 14.1. The molecule has 49 heavy (non-hydrogen) atoms. The minimum absolute atomic E-state index is 0.112. The summed E-state index contributed by atoms with van der Waals surface area (Å²) in [6.07, 6.45) is 3.80. The standard InChI is InChI=1S/C37H36N3O9/c1-6-47-34(43)22-49-36(44)25-12-15-31-29(18-25)37(3,4)32(38(31)5)17-14-27-28-19-26(40(45)46)13-16-30(28)39(20-33(42)48-21-23(2)41)35(27)24-10-8-7-9-11-24/h7-19H,6,20-22H2,1-5H3/q+1. The van der Waals surface area contributed by atoms with Gasteiger partial charge in [-0.25, -0.2) is 9.59 Å². The van der Waals surface area contributed by atoms with Crippen LogP contribution in [0, 0.1) is 10.1 Å². The average molecular weight is 667 g/mol. The summed E-state index contributed by atoms with van der Waals surface area (Å²) in [6, 6.07) is 19.0. The van der Waals surface area contributed by atoms with Crippen LogP contribution in [0.4, 0.5) is 11.4 Å². The van der Waals surface area contributed by atoms with Gasteiger partial charge in [0.25, 0.3) is 5.69 Å². The largest absolute Gasteiger partial charge is 0.463 e. The van der Waals surface area contributed by atoms with Crippen molar-refractivity contribution < 1.29 is 42.9 Å². The van der Waals surface area contributed by atoms with Crippen LogP contribution < -0.4 is 0 Å². The third-order valence-electron chi connectivity index (χ3n) is 8.37. The van der Waals surface area contributed by atoms with E-state index in [0.717, 1.165) is 22.5 Å². The number of carbonyl (C=O) groups excluding carboxylic acids is 4. The van der Waals surface area contributed by atoms with Gasteiger partial charge >= 0.3 is 17.9 Å². The van der Waals surface area contributed by atoms with Gasteiger partial charge in [-0.15, -0.1) is 0 Å². The molecule has 0 saturated heterocycles. The third-order valence-corrected chi connectivity index (χ3v) is 8.37. The van der Waals surface area contributed by atoms with Crippen LogP contribution >= 0.6 is 0 Å². The summed E-state index contributed by atoms with van der Waals surface area (Å²) in [7, 11) is 1.91. The molecule has 0 spiro atoms. The van der Waals surface area contributed by atoms with Crippen molar-refractivity contribution in [2.45, 2.75) is 39.7 Å². The van der Waals surface area contributed by atoms with Crippen LogP contribution in [-0.2, 0) is 40.6 Å². The zero-order valence-corrected chi connectivity index (χ0v) is 27.8. The first-order chi connectivity index (χ1) is 23.3. The predicted octanol–water partition coefficient (Wildman–Crippen LogP) is 5.79. The predicted molar refractivity (Wildman–Crippen MR) is 182 cm³/mol. The van der Waals surface area contributed by atoms with Crippen molar-refractivity contribution in [2.24, 2.45) is 0 Å². The average Bonchev–Trinajstić information content (AvgIpc) is 3.47. The van der Waals surface area contributed by atoms with Crippen molar-refractivity contribution in [2.75, 3.05) is 26.9 Å². The molecule has 4 aromatic rings. The Bertz CT molecular complexity index is 2060. The first-order valence-electron chi connectivity index (χ1n) is 15.6. The van der Waals surface area contributed by atoms with E-state index in [-0.39, 0.29) is 36.8 Å². The van der Waals surface area contributed by atoms with E-state index < -0.39 is 34.9 Å². The van der Waals surface area contributed by atoms with Crippen molar-refractivity contribution in [3.8, 4) is 11.3 Å². The SMILES string of the molecule is CCOC(=O)COC(=O)c1ccc2c(c1)C(C)(C)C(C=Cc1c(-c3ccccc3)n(CC(=O)OCC(C)=O)c3ccc([N+](=O)[O-])cc13)=[N+]2C. The number of benzene rings is 3. The number of nitro groups is 1. The van der Waals surface area contributed by atoms with Gasteiger partial charge in [-0.05, 0) is 57.5 Å². The summed E-state index contributed by atoms with van der Waals surface area (Å²) >= 11 is 0. The molecular weight excluding hydrogens is 630 g/mol. The number of fused-ring (bicyclic) bond motifs is 2. The van der Waals surface area contributed by atoms with Gasteiger partial charge in [-0.1, -0.05) is 30.3 Å². The van der Waals surface area contributed by atoms with Crippen LogP contribution in [0.2, 0.25) is 0 Å². The lowest BCUT2D eigenvalue weighted by molar-refractivity contribution is -0.401. The van der Waals surface area contributed by atoms with Crippen molar-refractivity contribution in [1.29, 1.82) is 0 Å². The van der Waals surface area contributed by atoms with E-state index in [9.17, 15) is 29.3 Å². The molecule has 12 nitrogen and oxygen atoms in total. The van der Waals surface area contributed by atoms with Crippen LogP contribution in [0.5, 0.6) is 0 Å². The topological polar surface area (TPSA) is 147 Å². The number of ether oxygens (including phenoxy) is 3. The second-order valence-corrected chi connectivity index (χ2v) is 12.1. The third kappa shape index (κ3) is 7.03. The second-order valence-electron chi connectivity index (χ2n) is 12.1. The number of hydrogen-bond donors (Lipinski definition) is 0. The maximum Gasteiger partial charge on any atom is 0.344 e. The minimum atomic E-state index is -0.651. The lowest BCUT2D eigenvalue weighted by atomic mass is 9.80. The monoisotopic (exact) mass is 666 g/mol. The summed E-state index contributed by atoms with van der Waals surface area (Å²) in [5.74, 6) is -2.21. The van der Waals surface area contributed by atoms with Gasteiger partial charge in [0, 0.05) is 40.8 Å². The van der Waals surface area contributed by atoms with Gasteiger partial charge in [0.15, 0.2) is 18.1 Å². The van der Waals surface area contributed by atoms with Crippen LogP contribution in [-0.4, -0.2) is 70.3 Å². The van der Waals surface area contributed by atoms with Crippen LogP contribution in [0.25, 0.3) is 28.2 Å². The van der Waals surface area contributed by atoms with E-state index in [1.165, 1.54) is 19.1 Å². The first-order valence-corrected chi connectivity index (χ1v) is 15.6. The van der Waals surface area contributed by atoms with E-state index in [2.05, 4.69) is 0 Å². The molecule has 5 rings (SSSR count). The molecule has 252 valence electrons. The van der Waals surface area contributed by atoms with Gasteiger partial charge in [-0.2, -0.15) is 4.58 Å². The molecule has 3 aromatic carbocycles. The number of nitrogens with zero attached hydrogens (tertiary/aromatic N) is 3. The van der Waals surface area contributed by atoms with Crippen LogP contribution in [0.1, 0.15) is 49.2 Å². The molecule has 0 radical (unpaired) electrons. The quantitative estimate of drug-likeness (QED) is 0.0603. The molecule has 0 unspecified atom stereocenters. The maximum absolute atomic E-state index is 12.9. The van der Waals surface area contributed by atoms with E-state index in [0.29, 0.717) is 22.2 Å². The van der Waals surface area contributed by atoms with Gasteiger partial charge in [0.1, 0.15) is 20.2 Å². The summed E-state index contributed by atoms with van der Waals surface area (Å²) in [4.78, 5) is 60.3. The fraction of sp³-hybridized carbons (Fsp3) is 0.270. The van der Waals surface area contributed by atoms with E-state index in [1.807, 2.05) is 74.0 Å². The van der Waals surface area contributed by atoms with Crippen molar-refractivity contribution >= 4 is 57.8 Å². The number of allylic oxidation sites excluding steroid dienone is 1. The molecular formula is C37H36N3O9+. The summed E-state index contributed by atoms with van der Waals surface area (Å²) in [5, 5.41) is 12.4. The summed E-state index contributed by atoms with van der Waals surface area (Å²) in [6.45, 7) is 6.12. The molecule has 1 aliphatic rings. The number of ketones is 1. The normalized spacial score (nSPS) is 13.4. The maximum atomic E-state index is 12.9. The Balaban J connectivity index is 1.60. The number of aromatic nitrogens is 1. The Kier molecular flexibility index (Phi) is 9.88. The molecule has 1 aliphatic heterocycles. The molecule has 12 heteroatoms. The highest BCUT2D eigenvalue weighted by Gasteiger charge is 2.43. The fourth-order valence-corrected chi connectivity index (χ4v) is 6.12. The molecule has 1 aromatic heterocycles. The Morgan fingerprint density at radius 1 is 0.918 bits per heavy atom. The Hall–Kier alpha value is -5.91. The minimum Gasteiger partial charge on any atom is -0.463 e. The van der Waals surface area contributed by atoms with Gasteiger partial charge in [0.2, 0.25) is 5.69 Å². The number of hydrogen-bond acceptors (Lipinski definition) is 9. The lowest BCUT2D eigenvalue weighted by Gasteiger charge is -2.16. The Labute approximate surface area is 282 Å². The molecule has 0 N–H and O–H groups in total. The fourth-order valence-electron chi connectivity index (χ4n) is 6.12. The highest BCUT2D eigenvalue weighted by molar-refractivity contribution is 6.08. The number of esters is 3. The number of Topliss-reactive ketones (excluding diaryl/α,β-unsaturated/α-hetero) is 1. The lowest BCUT2D eigenvalue weighted by Crippen LogP contribution is -2.26. The highest BCUT2D eigenvalue weighted by Crippen LogP contribution is 2.41. The molecule has 0 fully saturated rings. The van der Waals surface area contributed by atoms with E-state index in [1.54, 1.807) is 29.7 Å². The van der Waals surface area contributed by atoms with Crippen molar-refractivity contribution in [1.82, 2.24) is 4.57 Å². The zero-order valence-electron chi connectivity index (χ0n) is 27.8. The van der Waals surface area contributed by atoms with Gasteiger partial charge in [-0.3, -0.25) is 19.7 Å². The number of carbonyl (C=O) groups is 4. The molecule has 0 amide bonds. The van der Waals surface area contributed by atoms with Crippen LogP contribution in [0.15, 0.2) is 72.8 Å². The van der Waals surface area contributed by atoms with E-state index in [4.69, 9.17) is 14.2 Å². The molecule has 0 saturated carbocycles. The molecule has 0 atom stereocenters. The summed E-state index contributed by atoms with van der Waals surface area (Å²) in [5.41, 5.74) is 4.76. The smallest absolute Gasteiger partial charge is 0.344 e. The van der Waals surface area contributed by atoms with Crippen molar-refractivity contribution in [3.63, 3.8) is 0 Å². The van der Waals surface area contributed by atoms with E-state index >= 15 is 0 Å². The van der Waals surface area contributed by atoms with Gasteiger partial charge < -0.3 is 18.8 Å². The summed E-state index contributed by atoms with van der Waals surface area (Å²) < 4.78 is 19.0. The number of rotatable bonds is 12. The number of nitro benzene ring substituents is 1. The molecule has 0 bridgehead atoms. The molecule has 0 aliphatic carbocycles.